The molecular formula is C14H22FNO3S. The minimum atomic E-state index is -3.90. The number of aliphatic hydroxyl groups is 1. The second-order valence-corrected chi connectivity index (χ2v) is 7.95. The molecule has 1 atom stereocenters. The summed E-state index contributed by atoms with van der Waals surface area (Å²) in [5.74, 6) is -0.843. The lowest BCUT2D eigenvalue weighted by atomic mass is 9.88. The van der Waals surface area contributed by atoms with Crippen LogP contribution in [0.4, 0.5) is 4.39 Å². The molecule has 6 heteroatoms. The van der Waals surface area contributed by atoms with Crippen LogP contribution in [0.15, 0.2) is 23.1 Å². The van der Waals surface area contributed by atoms with E-state index in [1.807, 2.05) is 20.8 Å². The third kappa shape index (κ3) is 3.37. The average Bonchev–Trinajstić information content (AvgIpc) is 2.35. The fourth-order valence-electron chi connectivity index (χ4n) is 1.76. The number of rotatable bonds is 4. The summed E-state index contributed by atoms with van der Waals surface area (Å²) < 4.78 is 40.0. The van der Waals surface area contributed by atoms with E-state index in [0.717, 1.165) is 6.07 Å². The van der Waals surface area contributed by atoms with Crippen molar-refractivity contribution >= 4 is 10.0 Å². The van der Waals surface area contributed by atoms with Crippen molar-refractivity contribution in [3.63, 3.8) is 0 Å². The van der Waals surface area contributed by atoms with Gasteiger partial charge in [-0.15, -0.1) is 0 Å². The second-order valence-electron chi connectivity index (χ2n) is 5.99. The number of nitrogens with zero attached hydrogens (tertiary/aromatic N) is 1. The largest absolute Gasteiger partial charge is 0.392 e. The monoisotopic (exact) mass is 303 g/mol. The number of benzene rings is 1. The molecule has 1 aromatic rings. The van der Waals surface area contributed by atoms with Crippen LogP contribution in [0.3, 0.4) is 0 Å². The van der Waals surface area contributed by atoms with Crippen molar-refractivity contribution in [3.8, 4) is 0 Å². The standard InChI is InChI=1S/C14H22FNO3S/c1-10(14(2,3)4)16(5)20(18,19)13-7-6-11(9-17)8-12(13)15/h6-8,10,17H,9H2,1-5H3. The molecule has 1 N–H and O–H groups in total. The van der Waals surface area contributed by atoms with Crippen LogP contribution in [0.1, 0.15) is 33.3 Å². The van der Waals surface area contributed by atoms with E-state index in [-0.39, 0.29) is 23.0 Å². The molecule has 0 saturated heterocycles. The third-order valence-electron chi connectivity index (χ3n) is 3.63. The third-order valence-corrected chi connectivity index (χ3v) is 5.60. The Morgan fingerprint density at radius 2 is 1.90 bits per heavy atom. The summed E-state index contributed by atoms with van der Waals surface area (Å²) in [5.41, 5.74) is 0.0801. The van der Waals surface area contributed by atoms with Crippen molar-refractivity contribution < 1.29 is 17.9 Å². The molecule has 4 nitrogen and oxygen atoms in total. The van der Waals surface area contributed by atoms with Crippen molar-refractivity contribution in [1.82, 2.24) is 4.31 Å². The second kappa shape index (κ2) is 5.79. The van der Waals surface area contributed by atoms with Gasteiger partial charge in [0, 0.05) is 13.1 Å². The quantitative estimate of drug-likeness (QED) is 0.929. The predicted octanol–water partition coefficient (Wildman–Crippen LogP) is 2.37. The van der Waals surface area contributed by atoms with E-state index in [2.05, 4.69) is 0 Å². The van der Waals surface area contributed by atoms with Gasteiger partial charge >= 0.3 is 0 Å². The van der Waals surface area contributed by atoms with Gasteiger partial charge in [0.25, 0.3) is 0 Å². The Balaban J connectivity index is 3.24. The molecule has 0 aliphatic carbocycles. The number of sulfonamides is 1. The van der Waals surface area contributed by atoms with Crippen molar-refractivity contribution in [2.45, 2.75) is 45.2 Å². The van der Waals surface area contributed by atoms with E-state index in [1.54, 1.807) is 6.92 Å². The molecule has 0 radical (unpaired) electrons. The van der Waals surface area contributed by atoms with E-state index in [4.69, 9.17) is 5.11 Å². The van der Waals surface area contributed by atoms with Crippen LogP contribution in [0.25, 0.3) is 0 Å². The highest BCUT2D eigenvalue weighted by molar-refractivity contribution is 7.89. The maximum Gasteiger partial charge on any atom is 0.245 e. The van der Waals surface area contributed by atoms with Crippen molar-refractivity contribution in [2.75, 3.05) is 7.05 Å². The number of aliphatic hydroxyl groups excluding tert-OH is 1. The first kappa shape index (κ1) is 17.1. The van der Waals surface area contributed by atoms with E-state index in [0.29, 0.717) is 5.56 Å². The molecule has 1 aromatic carbocycles. The van der Waals surface area contributed by atoms with Crippen LogP contribution < -0.4 is 0 Å². The molecule has 1 rings (SSSR count). The van der Waals surface area contributed by atoms with Gasteiger partial charge in [-0.25, -0.2) is 12.8 Å². The molecule has 20 heavy (non-hydrogen) atoms. The van der Waals surface area contributed by atoms with Gasteiger partial charge in [0.1, 0.15) is 10.7 Å². The fraction of sp³-hybridized carbons (Fsp3) is 0.571. The number of hydrogen-bond acceptors (Lipinski definition) is 3. The summed E-state index contributed by atoms with van der Waals surface area (Å²) in [7, 11) is -2.45. The van der Waals surface area contributed by atoms with Crippen LogP contribution in [-0.2, 0) is 16.6 Å². The Hall–Kier alpha value is -0.980. The lowest BCUT2D eigenvalue weighted by Gasteiger charge is -2.34. The van der Waals surface area contributed by atoms with E-state index in [1.165, 1.54) is 23.5 Å². The first-order chi connectivity index (χ1) is 9.01. The molecule has 0 spiro atoms. The Morgan fingerprint density at radius 3 is 2.30 bits per heavy atom. The molecular weight excluding hydrogens is 281 g/mol. The minimum Gasteiger partial charge on any atom is -0.392 e. The summed E-state index contributed by atoms with van der Waals surface area (Å²) in [4.78, 5) is -0.367. The van der Waals surface area contributed by atoms with Crippen LogP contribution >= 0.6 is 0 Å². The van der Waals surface area contributed by atoms with Gasteiger partial charge in [-0.2, -0.15) is 4.31 Å². The van der Waals surface area contributed by atoms with Crippen LogP contribution in [-0.4, -0.2) is 30.9 Å². The van der Waals surface area contributed by atoms with Gasteiger partial charge in [-0.05, 0) is 30.0 Å². The summed E-state index contributed by atoms with van der Waals surface area (Å²) >= 11 is 0. The first-order valence-corrected chi connectivity index (χ1v) is 7.83. The van der Waals surface area contributed by atoms with Crippen molar-refractivity contribution in [3.05, 3.63) is 29.6 Å². The SMILES string of the molecule is CC(N(C)S(=O)(=O)c1ccc(CO)cc1F)C(C)(C)C. The lowest BCUT2D eigenvalue weighted by Crippen LogP contribution is -2.43. The smallest absolute Gasteiger partial charge is 0.245 e. The molecule has 0 bridgehead atoms. The zero-order valence-corrected chi connectivity index (χ0v) is 13.3. The van der Waals surface area contributed by atoms with Gasteiger partial charge in [0.2, 0.25) is 10.0 Å². The van der Waals surface area contributed by atoms with Crippen molar-refractivity contribution in [1.29, 1.82) is 0 Å². The summed E-state index contributed by atoms with van der Waals surface area (Å²) in [6.07, 6.45) is 0. The summed E-state index contributed by atoms with van der Waals surface area (Å²) in [6.45, 7) is 7.24. The number of halogens is 1. The number of hydrogen-bond donors (Lipinski definition) is 1. The highest BCUT2D eigenvalue weighted by Crippen LogP contribution is 2.28. The summed E-state index contributed by atoms with van der Waals surface area (Å²) in [6, 6.07) is 3.36. The Morgan fingerprint density at radius 1 is 1.35 bits per heavy atom. The zero-order chi connectivity index (χ0) is 15.7. The molecule has 0 aromatic heterocycles. The van der Waals surface area contributed by atoms with Crippen molar-refractivity contribution in [2.24, 2.45) is 5.41 Å². The van der Waals surface area contributed by atoms with E-state index < -0.39 is 15.8 Å². The molecule has 0 aliphatic rings. The van der Waals surface area contributed by atoms with Crippen LogP contribution in [0.2, 0.25) is 0 Å². The van der Waals surface area contributed by atoms with Gasteiger partial charge in [0.05, 0.1) is 6.61 Å². The highest BCUT2D eigenvalue weighted by atomic mass is 32.2. The van der Waals surface area contributed by atoms with Gasteiger partial charge in [-0.1, -0.05) is 26.8 Å². The van der Waals surface area contributed by atoms with Gasteiger partial charge in [-0.3, -0.25) is 0 Å². The highest BCUT2D eigenvalue weighted by Gasteiger charge is 2.33. The van der Waals surface area contributed by atoms with Gasteiger partial charge < -0.3 is 5.11 Å². The summed E-state index contributed by atoms with van der Waals surface area (Å²) in [5, 5.41) is 8.93. The molecule has 0 saturated carbocycles. The maximum atomic E-state index is 13.9. The van der Waals surface area contributed by atoms with Crippen LogP contribution in [0.5, 0.6) is 0 Å². The molecule has 0 fully saturated rings. The zero-order valence-electron chi connectivity index (χ0n) is 12.5. The maximum absolute atomic E-state index is 13.9. The molecule has 1 unspecified atom stereocenters. The van der Waals surface area contributed by atoms with Crippen LogP contribution in [0, 0.1) is 11.2 Å². The fourth-order valence-corrected chi connectivity index (χ4v) is 3.35. The molecule has 114 valence electrons. The Kier molecular flexibility index (Phi) is 4.94. The first-order valence-electron chi connectivity index (χ1n) is 6.39. The molecule has 0 aliphatic heterocycles. The Bertz CT molecular complexity index is 579. The van der Waals surface area contributed by atoms with Gasteiger partial charge in [0.15, 0.2) is 0 Å². The normalized spacial score (nSPS) is 14.6. The predicted molar refractivity (Wildman–Crippen MR) is 76.2 cm³/mol. The average molecular weight is 303 g/mol. The van der Waals surface area contributed by atoms with E-state index >= 15 is 0 Å². The lowest BCUT2D eigenvalue weighted by molar-refractivity contribution is 0.216. The Labute approximate surface area is 120 Å². The topological polar surface area (TPSA) is 57.6 Å². The molecule has 0 heterocycles. The molecule has 0 amide bonds. The minimum absolute atomic E-state index is 0.261. The van der Waals surface area contributed by atoms with E-state index in [9.17, 15) is 12.8 Å².